The van der Waals surface area contributed by atoms with Crippen LogP contribution in [0.25, 0.3) is 0 Å². The van der Waals surface area contributed by atoms with Gasteiger partial charge in [-0.25, -0.2) is 0 Å². The molecule has 23 heavy (non-hydrogen) atoms. The van der Waals surface area contributed by atoms with E-state index in [2.05, 4.69) is 93.1 Å². The van der Waals surface area contributed by atoms with Gasteiger partial charge in [0.05, 0.1) is 0 Å². The van der Waals surface area contributed by atoms with E-state index in [9.17, 15) is 0 Å². The van der Waals surface area contributed by atoms with Crippen molar-refractivity contribution in [1.82, 2.24) is 0 Å². The Morgan fingerprint density at radius 3 is 1.70 bits per heavy atom. The van der Waals surface area contributed by atoms with E-state index >= 15 is 0 Å². The van der Waals surface area contributed by atoms with Crippen LogP contribution in [0.5, 0.6) is 0 Å². The Morgan fingerprint density at radius 1 is 0.870 bits per heavy atom. The summed E-state index contributed by atoms with van der Waals surface area (Å²) in [5.74, 6) is 0. The van der Waals surface area contributed by atoms with Gasteiger partial charge in [-0.15, -0.1) is 0 Å². The SMILES string of the molecule is CC1=CC(C)([Si](C)(c2cc(C)cc(C)c2)C(C)(C)C)C(C)=C1C. The monoisotopic (exact) mass is 326 g/mol. The highest BCUT2D eigenvalue weighted by Crippen LogP contribution is 2.60. The standard InChI is InChI=1S/C22H34Si/c1-15-11-16(2)13-20(12-15)23(10,21(6,7)8)22(9)14-17(3)18(4)19(22)5/h11-14H,1-10H3. The lowest BCUT2D eigenvalue weighted by molar-refractivity contribution is 0.676. The molecule has 1 aliphatic carbocycles. The molecule has 2 unspecified atom stereocenters. The molecule has 0 heterocycles. The van der Waals surface area contributed by atoms with Crippen LogP contribution in [0.4, 0.5) is 0 Å². The van der Waals surface area contributed by atoms with E-state index in [1.807, 2.05) is 0 Å². The first-order valence-electron chi connectivity index (χ1n) is 8.81. The first-order chi connectivity index (χ1) is 10.3. The van der Waals surface area contributed by atoms with Crippen molar-refractivity contribution in [2.75, 3.05) is 0 Å². The van der Waals surface area contributed by atoms with Gasteiger partial charge in [0.15, 0.2) is 0 Å². The number of hydrogen-bond acceptors (Lipinski definition) is 0. The number of aryl methyl sites for hydroxylation is 2. The normalized spacial score (nSPS) is 24.7. The van der Waals surface area contributed by atoms with E-state index in [1.54, 1.807) is 10.8 Å². The molecule has 0 saturated carbocycles. The Balaban J connectivity index is 2.83. The van der Waals surface area contributed by atoms with E-state index in [1.165, 1.54) is 22.3 Å². The minimum Gasteiger partial charge on any atom is -0.0737 e. The average Bonchev–Trinajstić information content (AvgIpc) is 2.60. The van der Waals surface area contributed by atoms with Gasteiger partial charge in [0.1, 0.15) is 8.07 Å². The van der Waals surface area contributed by atoms with E-state index in [4.69, 9.17) is 0 Å². The largest absolute Gasteiger partial charge is 0.103 e. The zero-order valence-corrected chi connectivity index (χ0v) is 17.8. The maximum atomic E-state index is 2.60. The second-order valence-corrected chi connectivity index (χ2v) is 14.4. The molecule has 2 rings (SSSR count). The van der Waals surface area contributed by atoms with Crippen LogP contribution in [-0.4, -0.2) is 8.07 Å². The predicted octanol–water partition coefficient (Wildman–Crippen LogP) is 6.45. The van der Waals surface area contributed by atoms with Crippen LogP contribution in [0.15, 0.2) is 41.0 Å². The first-order valence-corrected chi connectivity index (χ1v) is 11.3. The molecule has 1 aromatic carbocycles. The summed E-state index contributed by atoms with van der Waals surface area (Å²) < 4.78 is 0. The van der Waals surface area contributed by atoms with Crippen LogP contribution in [0.3, 0.4) is 0 Å². The number of allylic oxidation sites excluding steroid dienone is 4. The third-order valence-corrected chi connectivity index (χ3v) is 13.8. The summed E-state index contributed by atoms with van der Waals surface area (Å²) in [5.41, 5.74) is 7.34. The topological polar surface area (TPSA) is 0 Å². The molecule has 0 nitrogen and oxygen atoms in total. The zero-order valence-electron chi connectivity index (χ0n) is 16.8. The molecule has 0 aliphatic heterocycles. The summed E-state index contributed by atoms with van der Waals surface area (Å²) >= 11 is 0. The summed E-state index contributed by atoms with van der Waals surface area (Å²) in [4.78, 5) is 0. The molecule has 0 radical (unpaired) electrons. The Hall–Kier alpha value is -1.08. The van der Waals surface area contributed by atoms with Gasteiger partial charge in [0.25, 0.3) is 0 Å². The molecule has 1 aromatic rings. The molecule has 0 N–H and O–H groups in total. The summed E-state index contributed by atoms with van der Waals surface area (Å²) in [5, 5.41) is 2.06. The van der Waals surface area contributed by atoms with Gasteiger partial charge in [-0.1, -0.05) is 86.0 Å². The summed E-state index contributed by atoms with van der Waals surface area (Å²) in [6.45, 7) is 23.9. The molecule has 0 spiro atoms. The predicted molar refractivity (Wildman–Crippen MR) is 107 cm³/mol. The summed E-state index contributed by atoms with van der Waals surface area (Å²) in [6.07, 6.45) is 2.58. The lowest BCUT2D eigenvalue weighted by Crippen LogP contribution is -2.60. The van der Waals surface area contributed by atoms with Crippen molar-refractivity contribution < 1.29 is 0 Å². The molecular weight excluding hydrogens is 292 g/mol. The minimum atomic E-state index is -1.86. The smallest absolute Gasteiger partial charge is 0.0737 e. The molecular formula is C22H34Si. The van der Waals surface area contributed by atoms with E-state index in [0.29, 0.717) is 0 Å². The molecule has 1 heteroatoms. The molecule has 0 aromatic heterocycles. The molecule has 0 saturated heterocycles. The molecule has 0 fully saturated rings. The Bertz CT molecular complexity index is 679. The maximum Gasteiger partial charge on any atom is 0.103 e. The average molecular weight is 327 g/mol. The van der Waals surface area contributed by atoms with Gasteiger partial charge in [-0.05, 0) is 45.2 Å². The number of rotatable bonds is 2. The second-order valence-electron chi connectivity index (χ2n) is 9.03. The van der Waals surface area contributed by atoms with Crippen LogP contribution in [0, 0.1) is 13.8 Å². The highest BCUT2D eigenvalue weighted by Gasteiger charge is 2.56. The molecule has 2 atom stereocenters. The Kier molecular flexibility index (Phi) is 4.35. The zero-order chi connectivity index (χ0) is 17.8. The minimum absolute atomic E-state index is 0.180. The van der Waals surface area contributed by atoms with Crippen molar-refractivity contribution in [3.8, 4) is 0 Å². The highest BCUT2D eigenvalue weighted by molar-refractivity contribution is 6.96. The van der Waals surface area contributed by atoms with Crippen LogP contribution in [0.2, 0.25) is 16.6 Å². The fraction of sp³-hybridized carbons (Fsp3) is 0.545. The second kappa shape index (κ2) is 5.48. The first kappa shape index (κ1) is 18.3. The fourth-order valence-corrected chi connectivity index (χ4v) is 10.1. The Labute approximate surface area is 144 Å². The third kappa shape index (κ3) is 2.57. The van der Waals surface area contributed by atoms with Crippen molar-refractivity contribution in [2.45, 2.75) is 78.9 Å². The van der Waals surface area contributed by atoms with Crippen molar-refractivity contribution in [2.24, 2.45) is 0 Å². The molecule has 1 aliphatic rings. The van der Waals surface area contributed by atoms with Gasteiger partial charge in [-0.2, -0.15) is 0 Å². The van der Waals surface area contributed by atoms with Gasteiger partial charge in [-0.3, -0.25) is 0 Å². The fourth-order valence-electron chi connectivity index (χ4n) is 4.63. The lowest BCUT2D eigenvalue weighted by Gasteiger charge is -2.52. The maximum absolute atomic E-state index is 2.60. The molecule has 0 amide bonds. The number of hydrogen-bond donors (Lipinski definition) is 0. The van der Waals surface area contributed by atoms with Gasteiger partial charge >= 0.3 is 0 Å². The van der Waals surface area contributed by atoms with Gasteiger partial charge in [0.2, 0.25) is 0 Å². The lowest BCUT2D eigenvalue weighted by atomic mass is 10.0. The summed E-state index contributed by atoms with van der Waals surface area (Å²) in [7, 11) is -1.86. The van der Waals surface area contributed by atoms with E-state index < -0.39 is 8.07 Å². The molecule has 0 bridgehead atoms. The van der Waals surface area contributed by atoms with Crippen molar-refractivity contribution in [3.05, 3.63) is 52.1 Å². The Morgan fingerprint density at radius 2 is 1.35 bits per heavy atom. The number of benzene rings is 1. The quantitative estimate of drug-likeness (QED) is 0.548. The van der Waals surface area contributed by atoms with Crippen molar-refractivity contribution in [1.29, 1.82) is 0 Å². The molecule has 126 valence electrons. The van der Waals surface area contributed by atoms with Gasteiger partial charge in [0, 0.05) is 5.04 Å². The third-order valence-electron chi connectivity index (χ3n) is 6.78. The van der Waals surface area contributed by atoms with Crippen LogP contribution in [-0.2, 0) is 0 Å². The van der Waals surface area contributed by atoms with Crippen molar-refractivity contribution in [3.63, 3.8) is 0 Å². The van der Waals surface area contributed by atoms with Crippen LogP contribution < -0.4 is 5.19 Å². The van der Waals surface area contributed by atoms with E-state index in [-0.39, 0.29) is 10.1 Å². The van der Waals surface area contributed by atoms with E-state index in [0.717, 1.165) is 0 Å². The van der Waals surface area contributed by atoms with Crippen LogP contribution in [0.1, 0.15) is 59.6 Å². The highest BCUT2D eigenvalue weighted by atomic mass is 28.3. The summed E-state index contributed by atoms with van der Waals surface area (Å²) in [6, 6.07) is 7.21. The van der Waals surface area contributed by atoms with Crippen LogP contribution >= 0.6 is 0 Å². The van der Waals surface area contributed by atoms with Gasteiger partial charge < -0.3 is 0 Å². The van der Waals surface area contributed by atoms with Crippen molar-refractivity contribution >= 4 is 13.3 Å².